The minimum Gasteiger partial charge on any atom is -0.375 e. The molecule has 0 radical (unpaired) electrons. The maximum atomic E-state index is 11.9. The van der Waals surface area contributed by atoms with Gasteiger partial charge in [0.05, 0.1) is 13.2 Å². The average Bonchev–Trinajstić information content (AvgIpc) is 2.36. The number of halogens is 1. The molecule has 5 heteroatoms. The fourth-order valence-electron chi connectivity index (χ4n) is 1.45. The molecule has 0 atom stereocenters. The third-order valence-electron chi connectivity index (χ3n) is 2.35. The summed E-state index contributed by atoms with van der Waals surface area (Å²) in [5.41, 5.74) is 2.28. The van der Waals surface area contributed by atoms with Crippen molar-refractivity contribution < 1.29 is 9.53 Å². The number of hydrogen-bond donors (Lipinski definition) is 1. The molecule has 0 aliphatic heterocycles. The first-order chi connectivity index (χ1) is 9.02. The van der Waals surface area contributed by atoms with E-state index in [9.17, 15) is 4.79 Å². The third kappa shape index (κ3) is 5.85. The number of nitrogens with zero attached hydrogens (tertiary/aromatic N) is 1. The molecule has 0 bridgehead atoms. The van der Waals surface area contributed by atoms with Crippen molar-refractivity contribution in [3.63, 3.8) is 0 Å². The monoisotopic (exact) mass is 282 g/mol. The van der Waals surface area contributed by atoms with Gasteiger partial charge in [-0.25, -0.2) is 4.98 Å². The summed E-state index contributed by atoms with van der Waals surface area (Å²) in [4.78, 5) is 16.0. The normalized spacial score (nSPS) is 10.3. The number of nitrogens with one attached hydrogen (secondary N) is 1. The summed E-state index contributed by atoms with van der Waals surface area (Å²) in [6.07, 6.45) is 0.739. The van der Waals surface area contributed by atoms with Crippen molar-refractivity contribution >= 4 is 17.5 Å². The number of aryl methyl sites for hydroxylation is 1. The molecule has 104 valence electrons. The van der Waals surface area contributed by atoms with E-state index in [2.05, 4.69) is 16.9 Å². The van der Waals surface area contributed by atoms with Crippen LogP contribution in [-0.2, 0) is 11.2 Å². The SMILES string of the molecule is C=C(C)COCCNC(=O)c1cc(Cl)nc(CC)c1. The van der Waals surface area contributed by atoms with Crippen molar-refractivity contribution in [2.75, 3.05) is 19.8 Å². The molecule has 0 aromatic carbocycles. The van der Waals surface area contributed by atoms with Gasteiger partial charge in [-0.05, 0) is 25.5 Å². The Morgan fingerprint density at radius 1 is 1.53 bits per heavy atom. The van der Waals surface area contributed by atoms with E-state index in [1.165, 1.54) is 0 Å². The molecular weight excluding hydrogens is 264 g/mol. The first-order valence-corrected chi connectivity index (χ1v) is 6.57. The molecule has 4 nitrogen and oxygen atoms in total. The van der Waals surface area contributed by atoms with Crippen LogP contribution in [0.5, 0.6) is 0 Å². The second-order valence-corrected chi connectivity index (χ2v) is 4.68. The van der Waals surface area contributed by atoms with E-state index >= 15 is 0 Å². The maximum absolute atomic E-state index is 11.9. The van der Waals surface area contributed by atoms with Crippen LogP contribution in [0.25, 0.3) is 0 Å². The maximum Gasteiger partial charge on any atom is 0.251 e. The minimum atomic E-state index is -0.169. The zero-order valence-corrected chi connectivity index (χ0v) is 12.1. The van der Waals surface area contributed by atoms with Crippen molar-refractivity contribution in [2.24, 2.45) is 0 Å². The summed E-state index contributed by atoms with van der Waals surface area (Å²) >= 11 is 5.87. The molecule has 1 aromatic rings. The molecule has 0 fully saturated rings. The molecule has 1 amide bonds. The van der Waals surface area contributed by atoms with Crippen LogP contribution in [0.4, 0.5) is 0 Å². The zero-order chi connectivity index (χ0) is 14.3. The average molecular weight is 283 g/mol. The molecule has 0 aliphatic rings. The summed E-state index contributed by atoms with van der Waals surface area (Å²) in [5, 5.41) is 3.11. The smallest absolute Gasteiger partial charge is 0.251 e. The summed E-state index contributed by atoms with van der Waals surface area (Å²) in [5.74, 6) is -0.169. The van der Waals surface area contributed by atoms with Crippen LogP contribution in [0.1, 0.15) is 29.9 Å². The molecule has 19 heavy (non-hydrogen) atoms. The van der Waals surface area contributed by atoms with Crippen molar-refractivity contribution in [2.45, 2.75) is 20.3 Å². The number of pyridine rings is 1. The summed E-state index contributed by atoms with van der Waals surface area (Å²) in [7, 11) is 0. The van der Waals surface area contributed by atoms with Crippen LogP contribution in [-0.4, -0.2) is 30.6 Å². The van der Waals surface area contributed by atoms with Gasteiger partial charge in [0.25, 0.3) is 5.91 Å². The van der Waals surface area contributed by atoms with Gasteiger partial charge in [0, 0.05) is 17.8 Å². The van der Waals surface area contributed by atoms with Crippen molar-refractivity contribution in [1.29, 1.82) is 0 Å². The van der Waals surface area contributed by atoms with E-state index in [0.717, 1.165) is 17.7 Å². The molecule has 1 N–H and O–H groups in total. The predicted octanol–water partition coefficient (Wildman–Crippen LogP) is 2.62. The summed E-state index contributed by atoms with van der Waals surface area (Å²) in [6.45, 7) is 9.01. The largest absolute Gasteiger partial charge is 0.375 e. The van der Waals surface area contributed by atoms with Crippen LogP contribution in [0.15, 0.2) is 24.3 Å². The first-order valence-electron chi connectivity index (χ1n) is 6.19. The highest BCUT2D eigenvalue weighted by molar-refractivity contribution is 6.29. The first kappa shape index (κ1) is 15.7. The Hall–Kier alpha value is -1.39. The highest BCUT2D eigenvalue weighted by Gasteiger charge is 2.08. The molecule has 0 aliphatic carbocycles. The van der Waals surface area contributed by atoms with E-state index in [1.54, 1.807) is 12.1 Å². The Bertz CT molecular complexity index is 461. The van der Waals surface area contributed by atoms with Gasteiger partial charge in [0.2, 0.25) is 0 Å². The van der Waals surface area contributed by atoms with Crippen LogP contribution in [0.2, 0.25) is 5.15 Å². The van der Waals surface area contributed by atoms with E-state index < -0.39 is 0 Å². The molecule has 0 unspecified atom stereocenters. The van der Waals surface area contributed by atoms with Crippen LogP contribution in [0, 0.1) is 0 Å². The topological polar surface area (TPSA) is 51.2 Å². The van der Waals surface area contributed by atoms with E-state index in [4.69, 9.17) is 16.3 Å². The molecule has 0 saturated heterocycles. The van der Waals surface area contributed by atoms with Crippen LogP contribution < -0.4 is 5.32 Å². The molecule has 1 rings (SSSR count). The highest BCUT2D eigenvalue weighted by Crippen LogP contribution is 2.11. The standard InChI is InChI=1S/C14H19ClN2O2/c1-4-12-7-11(8-13(15)17-12)14(18)16-5-6-19-9-10(2)3/h7-8H,2,4-6,9H2,1,3H3,(H,16,18). The number of ether oxygens (including phenoxy) is 1. The fourth-order valence-corrected chi connectivity index (χ4v) is 1.67. The number of rotatable bonds is 7. The fraction of sp³-hybridized carbons (Fsp3) is 0.429. The molecule has 1 heterocycles. The summed E-state index contributed by atoms with van der Waals surface area (Å²) < 4.78 is 5.30. The van der Waals surface area contributed by atoms with Gasteiger partial charge >= 0.3 is 0 Å². The van der Waals surface area contributed by atoms with E-state index in [-0.39, 0.29) is 5.91 Å². The van der Waals surface area contributed by atoms with Crippen LogP contribution in [0.3, 0.4) is 0 Å². The lowest BCUT2D eigenvalue weighted by Gasteiger charge is -2.07. The Labute approximate surface area is 118 Å². The van der Waals surface area contributed by atoms with E-state index in [1.807, 2.05) is 13.8 Å². The van der Waals surface area contributed by atoms with Gasteiger partial charge in [0.15, 0.2) is 0 Å². The number of amides is 1. The van der Waals surface area contributed by atoms with Gasteiger partial charge < -0.3 is 10.1 Å². The minimum absolute atomic E-state index is 0.169. The van der Waals surface area contributed by atoms with Crippen LogP contribution >= 0.6 is 11.6 Å². The Morgan fingerprint density at radius 2 is 2.26 bits per heavy atom. The Balaban J connectivity index is 2.45. The second kappa shape index (κ2) is 7.92. The quantitative estimate of drug-likeness (QED) is 0.475. The highest BCUT2D eigenvalue weighted by atomic mass is 35.5. The van der Waals surface area contributed by atoms with Gasteiger partial charge in [0.1, 0.15) is 5.15 Å². The molecular formula is C14H19ClN2O2. The lowest BCUT2D eigenvalue weighted by molar-refractivity contribution is 0.0926. The van der Waals surface area contributed by atoms with Gasteiger partial charge in [-0.2, -0.15) is 0 Å². The number of hydrogen-bond acceptors (Lipinski definition) is 3. The van der Waals surface area contributed by atoms with Gasteiger partial charge in [-0.3, -0.25) is 4.79 Å². The number of carbonyl (C=O) groups is 1. The van der Waals surface area contributed by atoms with Crippen molar-refractivity contribution in [3.05, 3.63) is 40.7 Å². The van der Waals surface area contributed by atoms with Gasteiger partial charge in [-0.1, -0.05) is 30.7 Å². The van der Waals surface area contributed by atoms with Gasteiger partial charge in [-0.15, -0.1) is 0 Å². The van der Waals surface area contributed by atoms with Crippen molar-refractivity contribution in [1.82, 2.24) is 10.3 Å². The molecule has 1 aromatic heterocycles. The summed E-state index contributed by atoms with van der Waals surface area (Å²) in [6, 6.07) is 3.31. The zero-order valence-electron chi connectivity index (χ0n) is 11.3. The number of carbonyl (C=O) groups excluding carboxylic acids is 1. The predicted molar refractivity (Wildman–Crippen MR) is 76.6 cm³/mol. The Morgan fingerprint density at radius 3 is 2.89 bits per heavy atom. The molecule has 0 spiro atoms. The van der Waals surface area contributed by atoms with Crippen molar-refractivity contribution in [3.8, 4) is 0 Å². The lowest BCUT2D eigenvalue weighted by Crippen LogP contribution is -2.27. The lowest BCUT2D eigenvalue weighted by atomic mass is 10.2. The number of aromatic nitrogens is 1. The third-order valence-corrected chi connectivity index (χ3v) is 2.55. The second-order valence-electron chi connectivity index (χ2n) is 4.29. The van der Waals surface area contributed by atoms with E-state index in [0.29, 0.717) is 30.5 Å². The molecule has 0 saturated carbocycles. The Kier molecular flexibility index (Phi) is 6.53.